The number of aromatic nitrogens is 2. The summed E-state index contributed by atoms with van der Waals surface area (Å²) in [5.41, 5.74) is 15.2. The monoisotopic (exact) mass is 399 g/mol. The van der Waals surface area contributed by atoms with Crippen LogP contribution in [0.4, 0.5) is 23.0 Å². The Bertz CT molecular complexity index is 1200. The van der Waals surface area contributed by atoms with Gasteiger partial charge in [-0.1, -0.05) is 36.4 Å². The molecule has 30 heavy (non-hydrogen) atoms. The molecule has 0 unspecified atom stereocenters. The summed E-state index contributed by atoms with van der Waals surface area (Å²) in [6.45, 7) is 0. The Kier molecular flexibility index (Phi) is 5.49. The van der Waals surface area contributed by atoms with E-state index in [1.165, 1.54) is 0 Å². The van der Waals surface area contributed by atoms with Crippen molar-refractivity contribution >= 4 is 39.8 Å². The molecule has 2 aromatic carbocycles. The zero-order valence-electron chi connectivity index (χ0n) is 16.1. The Morgan fingerprint density at radius 2 is 1.80 bits per heavy atom. The second-order valence-electron chi connectivity index (χ2n) is 6.80. The highest BCUT2D eigenvalue weighted by atomic mass is 16.2. The van der Waals surface area contributed by atoms with Gasteiger partial charge in [0.05, 0.1) is 11.7 Å². The lowest BCUT2D eigenvalue weighted by Crippen LogP contribution is -2.37. The molecule has 8 heteroatoms. The van der Waals surface area contributed by atoms with Crippen molar-refractivity contribution in [2.24, 2.45) is 16.0 Å². The van der Waals surface area contributed by atoms with Crippen molar-refractivity contribution in [2.75, 3.05) is 11.1 Å². The fourth-order valence-electron chi connectivity index (χ4n) is 3.08. The topological polar surface area (TPSA) is 135 Å². The number of aromatic amines is 1. The summed E-state index contributed by atoms with van der Waals surface area (Å²) in [4.78, 5) is 19.9. The maximum atomic E-state index is 12.5. The SMILES string of the molecule is Nc1nc(NC(=O)[C@@H](N)Cc2c[nH]c3ccccc23)ccc1N=Nc1ccccc1. The number of carbonyl (C=O) groups is 1. The number of nitrogens with two attached hydrogens (primary N) is 2. The van der Waals surface area contributed by atoms with Gasteiger partial charge < -0.3 is 21.8 Å². The van der Waals surface area contributed by atoms with Crippen molar-refractivity contribution in [3.05, 3.63) is 78.5 Å². The first-order chi connectivity index (χ1) is 14.6. The first-order valence-corrected chi connectivity index (χ1v) is 9.45. The molecule has 0 aliphatic rings. The van der Waals surface area contributed by atoms with E-state index in [1.807, 2.05) is 60.8 Å². The van der Waals surface area contributed by atoms with E-state index in [0.717, 1.165) is 16.5 Å². The van der Waals surface area contributed by atoms with Crippen LogP contribution in [0.25, 0.3) is 10.9 Å². The van der Waals surface area contributed by atoms with Crippen molar-refractivity contribution in [3.63, 3.8) is 0 Å². The van der Waals surface area contributed by atoms with Gasteiger partial charge in [-0.05, 0) is 42.3 Å². The number of hydrogen-bond acceptors (Lipinski definition) is 6. The van der Waals surface area contributed by atoms with Crippen LogP contribution in [-0.2, 0) is 11.2 Å². The first-order valence-electron chi connectivity index (χ1n) is 9.45. The van der Waals surface area contributed by atoms with Crippen LogP contribution in [0, 0.1) is 0 Å². The maximum absolute atomic E-state index is 12.5. The van der Waals surface area contributed by atoms with Gasteiger partial charge in [0.15, 0.2) is 5.82 Å². The first kappa shape index (κ1) is 19.3. The van der Waals surface area contributed by atoms with Gasteiger partial charge in [-0.2, -0.15) is 5.11 Å². The Balaban J connectivity index is 1.41. The Hall–Kier alpha value is -4.04. The van der Waals surface area contributed by atoms with Gasteiger partial charge in [-0.15, -0.1) is 5.11 Å². The molecule has 8 nitrogen and oxygen atoms in total. The third-order valence-electron chi connectivity index (χ3n) is 4.63. The number of amides is 1. The van der Waals surface area contributed by atoms with Crippen LogP contribution in [0.3, 0.4) is 0 Å². The Morgan fingerprint density at radius 3 is 2.60 bits per heavy atom. The van der Waals surface area contributed by atoms with Gasteiger partial charge >= 0.3 is 0 Å². The largest absolute Gasteiger partial charge is 0.382 e. The van der Waals surface area contributed by atoms with Crippen molar-refractivity contribution in [2.45, 2.75) is 12.5 Å². The van der Waals surface area contributed by atoms with Crippen molar-refractivity contribution < 1.29 is 4.79 Å². The predicted octanol–water partition coefficient (Wildman–Crippen LogP) is 4.07. The van der Waals surface area contributed by atoms with Gasteiger partial charge in [0.2, 0.25) is 5.91 Å². The standard InChI is InChI=1S/C22H21N7O/c23-17(12-14-13-25-18-9-5-4-8-16(14)18)22(30)27-20-11-10-19(21(24)26-20)29-28-15-6-2-1-3-7-15/h1-11,13,17,25H,12,23H2,(H3,24,26,27,30)/t17-/m0/s1. The Morgan fingerprint density at radius 1 is 1.03 bits per heavy atom. The van der Waals surface area contributed by atoms with E-state index in [-0.39, 0.29) is 11.7 Å². The summed E-state index contributed by atoms with van der Waals surface area (Å²) >= 11 is 0. The molecule has 2 heterocycles. The summed E-state index contributed by atoms with van der Waals surface area (Å²) < 4.78 is 0. The molecule has 0 aliphatic heterocycles. The van der Waals surface area contributed by atoms with E-state index in [9.17, 15) is 4.79 Å². The highest BCUT2D eigenvalue weighted by Crippen LogP contribution is 2.25. The molecule has 4 aromatic rings. The molecule has 0 aliphatic carbocycles. The molecule has 0 fully saturated rings. The number of azo groups is 1. The fraction of sp³-hybridized carbons (Fsp3) is 0.0909. The number of carbonyl (C=O) groups excluding carboxylic acids is 1. The quantitative estimate of drug-likeness (QED) is 0.363. The number of para-hydroxylation sites is 1. The number of benzene rings is 2. The van der Waals surface area contributed by atoms with Crippen LogP contribution in [-0.4, -0.2) is 21.9 Å². The van der Waals surface area contributed by atoms with E-state index < -0.39 is 6.04 Å². The lowest BCUT2D eigenvalue weighted by molar-refractivity contribution is -0.117. The molecule has 4 rings (SSSR count). The third-order valence-corrected chi connectivity index (χ3v) is 4.63. The van der Waals surface area contributed by atoms with Crippen LogP contribution in [0.2, 0.25) is 0 Å². The molecule has 2 aromatic heterocycles. The van der Waals surface area contributed by atoms with Crippen molar-refractivity contribution in [3.8, 4) is 0 Å². The molecular formula is C22H21N7O. The molecule has 150 valence electrons. The average molecular weight is 399 g/mol. The molecular weight excluding hydrogens is 378 g/mol. The molecule has 0 radical (unpaired) electrons. The smallest absolute Gasteiger partial charge is 0.242 e. The summed E-state index contributed by atoms with van der Waals surface area (Å²) in [5, 5.41) is 12.0. The van der Waals surface area contributed by atoms with Crippen LogP contribution in [0.1, 0.15) is 5.56 Å². The van der Waals surface area contributed by atoms with E-state index in [0.29, 0.717) is 23.6 Å². The van der Waals surface area contributed by atoms with Crippen molar-refractivity contribution in [1.29, 1.82) is 0 Å². The molecule has 0 saturated carbocycles. The van der Waals surface area contributed by atoms with Crippen LogP contribution in [0.15, 0.2) is 83.2 Å². The highest BCUT2D eigenvalue weighted by molar-refractivity contribution is 5.95. The van der Waals surface area contributed by atoms with E-state index in [4.69, 9.17) is 11.5 Å². The van der Waals surface area contributed by atoms with Gasteiger partial charge in [0.1, 0.15) is 11.5 Å². The zero-order valence-corrected chi connectivity index (χ0v) is 16.1. The normalized spacial score (nSPS) is 12.3. The van der Waals surface area contributed by atoms with E-state index in [2.05, 4.69) is 25.5 Å². The van der Waals surface area contributed by atoms with Crippen LogP contribution >= 0.6 is 0 Å². The number of nitrogen functional groups attached to an aromatic ring is 1. The predicted molar refractivity (Wildman–Crippen MR) is 118 cm³/mol. The van der Waals surface area contributed by atoms with E-state index in [1.54, 1.807) is 12.1 Å². The number of rotatable bonds is 6. The summed E-state index contributed by atoms with van der Waals surface area (Å²) in [7, 11) is 0. The minimum atomic E-state index is -0.732. The lowest BCUT2D eigenvalue weighted by atomic mass is 10.1. The number of fused-ring (bicyclic) bond motifs is 1. The summed E-state index contributed by atoms with van der Waals surface area (Å²) in [5.74, 6) is 0.133. The molecule has 1 atom stereocenters. The molecule has 0 spiro atoms. The highest BCUT2D eigenvalue weighted by Gasteiger charge is 2.17. The Labute approximate surface area is 173 Å². The average Bonchev–Trinajstić information content (AvgIpc) is 3.17. The summed E-state index contributed by atoms with van der Waals surface area (Å²) in [6, 6.07) is 19.7. The minimum absolute atomic E-state index is 0.165. The number of nitrogens with one attached hydrogen (secondary N) is 2. The summed E-state index contributed by atoms with van der Waals surface area (Å²) in [6.07, 6.45) is 2.27. The second kappa shape index (κ2) is 8.54. The second-order valence-corrected chi connectivity index (χ2v) is 6.80. The number of anilines is 2. The van der Waals surface area contributed by atoms with Crippen molar-refractivity contribution in [1.82, 2.24) is 9.97 Å². The van der Waals surface area contributed by atoms with Gasteiger partial charge in [0.25, 0.3) is 0 Å². The van der Waals surface area contributed by atoms with Gasteiger partial charge in [-0.25, -0.2) is 4.98 Å². The van der Waals surface area contributed by atoms with Gasteiger partial charge in [0, 0.05) is 17.1 Å². The molecule has 0 saturated heterocycles. The van der Waals surface area contributed by atoms with Gasteiger partial charge in [-0.3, -0.25) is 4.79 Å². The maximum Gasteiger partial charge on any atom is 0.242 e. The lowest BCUT2D eigenvalue weighted by Gasteiger charge is -2.12. The minimum Gasteiger partial charge on any atom is -0.382 e. The number of pyridine rings is 1. The third kappa shape index (κ3) is 4.34. The zero-order chi connectivity index (χ0) is 20.9. The van der Waals surface area contributed by atoms with E-state index >= 15 is 0 Å². The number of hydrogen-bond donors (Lipinski definition) is 4. The van der Waals surface area contributed by atoms with Crippen LogP contribution in [0.5, 0.6) is 0 Å². The number of nitrogens with zero attached hydrogens (tertiary/aromatic N) is 3. The number of H-pyrrole nitrogens is 1. The molecule has 1 amide bonds. The van der Waals surface area contributed by atoms with Crippen LogP contribution < -0.4 is 16.8 Å². The molecule has 6 N–H and O–H groups in total. The molecule has 0 bridgehead atoms. The fourth-order valence-corrected chi connectivity index (χ4v) is 3.08.